The molecule has 0 radical (unpaired) electrons. The first-order valence-electron chi connectivity index (χ1n) is 10.6. The van der Waals surface area contributed by atoms with Crippen molar-refractivity contribution in [2.75, 3.05) is 17.2 Å². The van der Waals surface area contributed by atoms with Crippen LogP contribution in [0.15, 0.2) is 70.5 Å². The van der Waals surface area contributed by atoms with Crippen molar-refractivity contribution in [3.05, 3.63) is 81.4 Å². The Balaban J connectivity index is 1.37. The van der Waals surface area contributed by atoms with Gasteiger partial charge < -0.3 is 4.90 Å². The second-order valence-corrected chi connectivity index (χ2v) is 9.80. The molecule has 5 rings (SSSR count). The van der Waals surface area contributed by atoms with Gasteiger partial charge in [-0.25, -0.2) is 9.97 Å². The minimum atomic E-state index is -0.119. The molecule has 0 saturated carbocycles. The van der Waals surface area contributed by atoms with Crippen molar-refractivity contribution in [2.45, 2.75) is 25.0 Å². The number of nitrogens with zero attached hydrogens (tertiary/aromatic N) is 4. The van der Waals surface area contributed by atoms with Crippen LogP contribution in [0.5, 0.6) is 0 Å². The summed E-state index contributed by atoms with van der Waals surface area (Å²) < 4.78 is 1.58. The Morgan fingerprint density at radius 3 is 2.88 bits per heavy atom. The zero-order chi connectivity index (χ0) is 22.9. The Kier molecular flexibility index (Phi) is 5.86. The van der Waals surface area contributed by atoms with Gasteiger partial charge in [-0.3, -0.25) is 14.2 Å². The fraction of sp³-hybridized carbons (Fsp3) is 0.200. The number of aryl methyl sites for hydroxylation is 1. The zero-order valence-electron chi connectivity index (χ0n) is 18.2. The number of hydrogen-bond donors (Lipinski definition) is 0. The van der Waals surface area contributed by atoms with Crippen LogP contribution in [0.25, 0.3) is 22.2 Å². The molecule has 0 fully saturated rings. The van der Waals surface area contributed by atoms with E-state index in [1.54, 1.807) is 28.0 Å². The number of rotatable bonds is 6. The minimum absolute atomic E-state index is 0.00330. The second kappa shape index (κ2) is 8.96. The Morgan fingerprint density at radius 1 is 1.24 bits per heavy atom. The van der Waals surface area contributed by atoms with Crippen LogP contribution in [0.2, 0.25) is 0 Å². The largest absolute Gasteiger partial charge is 0.311 e. The number of amides is 1. The third-order valence-electron chi connectivity index (χ3n) is 5.65. The van der Waals surface area contributed by atoms with Gasteiger partial charge in [0.05, 0.1) is 27.4 Å². The molecule has 1 aliphatic rings. The maximum atomic E-state index is 13.1. The number of carbonyl (C=O) groups is 1. The summed E-state index contributed by atoms with van der Waals surface area (Å²) in [6.07, 6.45) is 2.49. The first-order chi connectivity index (χ1) is 16.0. The number of aromatic nitrogens is 3. The van der Waals surface area contributed by atoms with Gasteiger partial charge in [0, 0.05) is 29.7 Å². The average Bonchev–Trinajstić information content (AvgIpc) is 3.45. The molecule has 0 atom stereocenters. The van der Waals surface area contributed by atoms with Crippen molar-refractivity contribution in [2.24, 2.45) is 0 Å². The van der Waals surface area contributed by atoms with Crippen molar-refractivity contribution in [3.63, 3.8) is 0 Å². The van der Waals surface area contributed by atoms with Gasteiger partial charge in [0.15, 0.2) is 5.16 Å². The predicted molar refractivity (Wildman–Crippen MR) is 135 cm³/mol. The number of hydrogen-bond acceptors (Lipinski definition) is 6. The summed E-state index contributed by atoms with van der Waals surface area (Å²) in [7, 11) is 0. The van der Waals surface area contributed by atoms with Crippen LogP contribution in [0.4, 0.5) is 5.69 Å². The van der Waals surface area contributed by atoms with Gasteiger partial charge in [-0.05, 0) is 43.2 Å². The Bertz CT molecular complexity index is 1440. The highest BCUT2D eigenvalue weighted by molar-refractivity contribution is 7.99. The lowest BCUT2D eigenvalue weighted by molar-refractivity contribution is -0.116. The summed E-state index contributed by atoms with van der Waals surface area (Å²) in [5.74, 6) is 0.206. The lowest BCUT2D eigenvalue weighted by Gasteiger charge is -2.18. The summed E-state index contributed by atoms with van der Waals surface area (Å²) in [6.45, 7) is 6.75. The molecule has 33 heavy (non-hydrogen) atoms. The van der Waals surface area contributed by atoms with Gasteiger partial charge in [0.1, 0.15) is 0 Å². The molecule has 4 aromatic rings. The lowest BCUT2D eigenvalue weighted by Crippen LogP contribution is -2.31. The van der Waals surface area contributed by atoms with Crippen LogP contribution in [0.3, 0.4) is 0 Å². The Morgan fingerprint density at radius 2 is 2.09 bits per heavy atom. The van der Waals surface area contributed by atoms with Gasteiger partial charge in [0.25, 0.3) is 5.56 Å². The predicted octanol–water partition coefficient (Wildman–Crippen LogP) is 4.70. The number of thioether (sulfide) groups is 1. The molecule has 1 aliphatic heterocycles. The maximum absolute atomic E-state index is 13.1. The Labute approximate surface area is 199 Å². The topological polar surface area (TPSA) is 68.1 Å². The average molecular weight is 475 g/mol. The van der Waals surface area contributed by atoms with Gasteiger partial charge >= 0.3 is 0 Å². The van der Waals surface area contributed by atoms with E-state index in [0.717, 1.165) is 33.9 Å². The van der Waals surface area contributed by atoms with Crippen molar-refractivity contribution in [3.8, 4) is 11.3 Å². The third-order valence-corrected chi connectivity index (χ3v) is 7.39. The molecule has 8 heteroatoms. The third kappa shape index (κ3) is 4.12. The molecule has 0 aliphatic carbocycles. The molecule has 0 saturated heterocycles. The van der Waals surface area contributed by atoms with Gasteiger partial charge in [0.2, 0.25) is 5.91 Å². The summed E-state index contributed by atoms with van der Waals surface area (Å²) >= 11 is 2.93. The van der Waals surface area contributed by atoms with Crippen LogP contribution in [-0.4, -0.2) is 32.7 Å². The van der Waals surface area contributed by atoms with Crippen LogP contribution in [-0.2, 0) is 17.8 Å². The van der Waals surface area contributed by atoms with Crippen molar-refractivity contribution >= 4 is 45.6 Å². The molecule has 2 aromatic carbocycles. The minimum Gasteiger partial charge on any atom is -0.311 e. The number of para-hydroxylation sites is 1. The molecule has 0 bridgehead atoms. The second-order valence-electron chi connectivity index (χ2n) is 7.80. The molecule has 0 N–H and O–H groups in total. The van der Waals surface area contributed by atoms with Crippen molar-refractivity contribution in [1.82, 2.24) is 14.5 Å². The summed E-state index contributed by atoms with van der Waals surface area (Å²) in [5, 5.41) is 4.19. The fourth-order valence-corrected chi connectivity index (χ4v) is 5.57. The monoisotopic (exact) mass is 474 g/mol. The van der Waals surface area contributed by atoms with E-state index in [1.807, 2.05) is 42.2 Å². The number of anilines is 1. The number of benzene rings is 2. The van der Waals surface area contributed by atoms with Gasteiger partial charge in [-0.1, -0.05) is 36.0 Å². The normalized spacial score (nSPS) is 12.8. The molecule has 0 spiro atoms. The highest BCUT2D eigenvalue weighted by atomic mass is 32.2. The summed E-state index contributed by atoms with van der Waals surface area (Å²) in [6, 6.07) is 13.4. The first-order valence-corrected chi connectivity index (χ1v) is 12.5. The lowest BCUT2D eigenvalue weighted by atomic mass is 10.1. The van der Waals surface area contributed by atoms with Crippen LogP contribution >= 0.6 is 23.1 Å². The number of fused-ring (bicyclic) bond motifs is 2. The Hall–Kier alpha value is -3.23. The number of carbonyl (C=O) groups excluding carboxylic acids is 1. The van der Waals surface area contributed by atoms with Gasteiger partial charge in [-0.15, -0.1) is 17.9 Å². The summed E-state index contributed by atoms with van der Waals surface area (Å²) in [4.78, 5) is 37.1. The van der Waals surface area contributed by atoms with E-state index in [2.05, 4.69) is 28.0 Å². The smallest absolute Gasteiger partial charge is 0.262 e. The van der Waals surface area contributed by atoms with E-state index < -0.39 is 0 Å². The van der Waals surface area contributed by atoms with E-state index >= 15 is 0 Å². The first kappa shape index (κ1) is 21.6. The van der Waals surface area contributed by atoms with Gasteiger partial charge in [-0.2, -0.15) is 0 Å². The molecule has 2 aromatic heterocycles. The van der Waals surface area contributed by atoms with E-state index in [0.29, 0.717) is 29.1 Å². The number of allylic oxidation sites excluding steroid dienone is 1. The molecule has 166 valence electrons. The van der Waals surface area contributed by atoms with E-state index in [4.69, 9.17) is 0 Å². The van der Waals surface area contributed by atoms with Crippen molar-refractivity contribution < 1.29 is 4.79 Å². The molecule has 1 amide bonds. The standard InChI is InChI=1S/C25H22N4O2S2/c1-3-11-29-24(31)19-6-4-5-7-20(19)27-25(29)33-15-23(30)28-12-10-18-13-17(8-9-22(18)28)21-14-32-16(2)26-21/h3-9,13-14H,1,10-12,15H2,2H3. The molecule has 6 nitrogen and oxygen atoms in total. The van der Waals surface area contributed by atoms with Crippen LogP contribution < -0.4 is 10.5 Å². The summed E-state index contributed by atoms with van der Waals surface area (Å²) in [5.41, 5.74) is 4.68. The van der Waals surface area contributed by atoms with Crippen molar-refractivity contribution in [1.29, 1.82) is 0 Å². The fourth-order valence-electron chi connectivity index (χ4n) is 4.07. The number of thiazole rings is 1. The maximum Gasteiger partial charge on any atom is 0.262 e. The quantitative estimate of drug-likeness (QED) is 0.230. The highest BCUT2D eigenvalue weighted by Crippen LogP contribution is 2.33. The molecule has 0 unspecified atom stereocenters. The van der Waals surface area contributed by atoms with E-state index in [9.17, 15) is 9.59 Å². The molecular weight excluding hydrogens is 452 g/mol. The van der Waals surface area contributed by atoms with Crippen LogP contribution in [0, 0.1) is 6.92 Å². The van der Waals surface area contributed by atoms with E-state index in [1.165, 1.54) is 11.8 Å². The SMILES string of the molecule is C=CCn1c(SCC(=O)N2CCc3cc(-c4csc(C)n4)ccc32)nc2ccccc2c1=O. The molecule has 3 heterocycles. The van der Waals surface area contributed by atoms with Crippen LogP contribution in [0.1, 0.15) is 10.6 Å². The van der Waals surface area contributed by atoms with E-state index in [-0.39, 0.29) is 17.2 Å². The molecular formula is C25H22N4O2S2. The highest BCUT2D eigenvalue weighted by Gasteiger charge is 2.25. The zero-order valence-corrected chi connectivity index (χ0v) is 19.8.